The quantitative estimate of drug-likeness (QED) is 0.496. The van der Waals surface area contributed by atoms with Crippen molar-refractivity contribution >= 4 is 11.9 Å². The molecule has 2 unspecified atom stereocenters. The van der Waals surface area contributed by atoms with Crippen molar-refractivity contribution in [2.45, 2.75) is 38.9 Å². The van der Waals surface area contributed by atoms with Gasteiger partial charge in [-0.1, -0.05) is 0 Å². The van der Waals surface area contributed by atoms with E-state index < -0.39 is 0 Å². The van der Waals surface area contributed by atoms with Crippen LogP contribution in [0, 0.1) is 0 Å². The molecule has 0 spiro atoms. The number of carbonyl (C=O) groups is 2. The molecule has 0 aliphatic heterocycles. The molecule has 0 aliphatic carbocycles. The maximum absolute atomic E-state index is 10.7. The summed E-state index contributed by atoms with van der Waals surface area (Å²) in [5, 5.41) is 0. The van der Waals surface area contributed by atoms with E-state index in [1.165, 1.54) is 13.8 Å². The van der Waals surface area contributed by atoms with Gasteiger partial charge in [0.25, 0.3) is 0 Å². The summed E-state index contributed by atoms with van der Waals surface area (Å²) in [6.45, 7) is 4.10. The third-order valence-electron chi connectivity index (χ3n) is 2.76. The van der Waals surface area contributed by atoms with E-state index in [9.17, 15) is 9.59 Å². The molecule has 0 aliphatic rings. The van der Waals surface area contributed by atoms with Crippen LogP contribution in [0.1, 0.15) is 26.7 Å². The van der Waals surface area contributed by atoms with Gasteiger partial charge in [0.2, 0.25) is 0 Å². The fourth-order valence-electron chi connectivity index (χ4n) is 1.54. The Labute approximate surface area is 125 Å². The van der Waals surface area contributed by atoms with Gasteiger partial charge in [-0.25, -0.2) is 0 Å². The van der Waals surface area contributed by atoms with Crippen LogP contribution in [-0.4, -0.2) is 64.8 Å². The molecule has 0 rings (SSSR count). The number of methoxy groups -OCH3 is 2. The van der Waals surface area contributed by atoms with Crippen LogP contribution >= 0.6 is 0 Å². The Morgan fingerprint density at radius 1 is 0.810 bits per heavy atom. The van der Waals surface area contributed by atoms with E-state index in [1.54, 1.807) is 14.2 Å². The standard InChI is InChI=1S/C14H26O7/c1-11(15)20-7-5-13(17-3)9-19-10-14(18-4)6-8-21-12(2)16/h13-14H,5-10H2,1-4H3. The minimum absolute atomic E-state index is 0.143. The number of carbonyl (C=O) groups excluding carboxylic acids is 2. The van der Waals surface area contributed by atoms with Crippen LogP contribution < -0.4 is 0 Å². The summed E-state index contributed by atoms with van der Waals surface area (Å²) in [5.74, 6) is -0.619. The van der Waals surface area contributed by atoms with Crippen molar-refractivity contribution in [1.29, 1.82) is 0 Å². The number of hydrogen-bond donors (Lipinski definition) is 0. The van der Waals surface area contributed by atoms with Gasteiger partial charge in [0.05, 0.1) is 38.6 Å². The Morgan fingerprint density at radius 3 is 1.48 bits per heavy atom. The van der Waals surface area contributed by atoms with Crippen molar-refractivity contribution in [2.75, 3.05) is 40.6 Å². The predicted octanol–water partition coefficient (Wildman–Crippen LogP) is 0.939. The molecule has 21 heavy (non-hydrogen) atoms. The van der Waals surface area contributed by atoms with Gasteiger partial charge in [-0.15, -0.1) is 0 Å². The molecule has 0 aromatic rings. The van der Waals surface area contributed by atoms with Gasteiger partial charge in [0, 0.05) is 40.9 Å². The molecule has 0 saturated heterocycles. The predicted molar refractivity (Wildman–Crippen MR) is 74.9 cm³/mol. The van der Waals surface area contributed by atoms with Gasteiger partial charge in [0.15, 0.2) is 0 Å². The summed E-state index contributed by atoms with van der Waals surface area (Å²) in [5.41, 5.74) is 0. The Morgan fingerprint density at radius 2 is 1.19 bits per heavy atom. The molecule has 0 saturated carbocycles. The molecule has 0 heterocycles. The summed E-state index contributed by atoms with van der Waals surface area (Å²) >= 11 is 0. The zero-order valence-corrected chi connectivity index (χ0v) is 13.3. The molecule has 0 radical (unpaired) electrons. The first-order valence-corrected chi connectivity index (χ1v) is 6.89. The molecule has 0 N–H and O–H groups in total. The van der Waals surface area contributed by atoms with Crippen molar-refractivity contribution in [3.8, 4) is 0 Å². The fourth-order valence-corrected chi connectivity index (χ4v) is 1.54. The van der Waals surface area contributed by atoms with Crippen molar-refractivity contribution in [2.24, 2.45) is 0 Å². The maximum atomic E-state index is 10.7. The zero-order valence-electron chi connectivity index (χ0n) is 13.3. The Balaban J connectivity index is 3.78. The molecule has 7 nitrogen and oxygen atoms in total. The third-order valence-corrected chi connectivity index (χ3v) is 2.76. The van der Waals surface area contributed by atoms with Crippen molar-refractivity contribution in [3.63, 3.8) is 0 Å². The minimum atomic E-state index is -0.310. The van der Waals surface area contributed by atoms with Crippen molar-refractivity contribution in [1.82, 2.24) is 0 Å². The van der Waals surface area contributed by atoms with E-state index in [0.717, 1.165) is 0 Å². The molecular weight excluding hydrogens is 280 g/mol. The van der Waals surface area contributed by atoms with Crippen LogP contribution in [-0.2, 0) is 33.3 Å². The summed E-state index contributed by atoms with van der Waals surface area (Å²) in [6, 6.07) is 0. The van der Waals surface area contributed by atoms with E-state index in [0.29, 0.717) is 39.3 Å². The van der Waals surface area contributed by atoms with Crippen molar-refractivity contribution in [3.05, 3.63) is 0 Å². The lowest BCUT2D eigenvalue weighted by Crippen LogP contribution is -2.26. The first-order valence-electron chi connectivity index (χ1n) is 6.89. The van der Waals surface area contributed by atoms with E-state index in [-0.39, 0.29) is 24.1 Å². The first-order chi connectivity index (χ1) is 9.99. The number of hydrogen-bond acceptors (Lipinski definition) is 7. The molecule has 124 valence electrons. The fraction of sp³-hybridized carbons (Fsp3) is 0.857. The van der Waals surface area contributed by atoms with Crippen LogP contribution in [0.25, 0.3) is 0 Å². The Kier molecular flexibility index (Phi) is 11.8. The second kappa shape index (κ2) is 12.6. The van der Waals surface area contributed by atoms with E-state index in [4.69, 9.17) is 23.7 Å². The summed E-state index contributed by atoms with van der Waals surface area (Å²) < 4.78 is 25.7. The van der Waals surface area contributed by atoms with Crippen LogP contribution in [0.3, 0.4) is 0 Å². The van der Waals surface area contributed by atoms with Crippen LogP contribution in [0.15, 0.2) is 0 Å². The maximum Gasteiger partial charge on any atom is 0.302 e. The molecule has 0 fully saturated rings. The number of esters is 2. The minimum Gasteiger partial charge on any atom is -0.466 e. The van der Waals surface area contributed by atoms with Gasteiger partial charge < -0.3 is 23.7 Å². The highest BCUT2D eigenvalue weighted by molar-refractivity contribution is 5.66. The van der Waals surface area contributed by atoms with Gasteiger partial charge >= 0.3 is 11.9 Å². The van der Waals surface area contributed by atoms with Gasteiger partial charge in [0.1, 0.15) is 0 Å². The number of ether oxygens (including phenoxy) is 5. The molecule has 0 amide bonds. The average Bonchev–Trinajstić information content (AvgIpc) is 2.43. The summed E-state index contributed by atoms with van der Waals surface area (Å²) in [6.07, 6.45) is 0.855. The van der Waals surface area contributed by atoms with E-state index in [2.05, 4.69) is 0 Å². The normalized spacial score (nSPS) is 13.5. The van der Waals surface area contributed by atoms with Gasteiger partial charge in [-0.3, -0.25) is 9.59 Å². The first kappa shape index (κ1) is 19.8. The largest absolute Gasteiger partial charge is 0.466 e. The summed E-state index contributed by atoms with van der Waals surface area (Å²) in [4.78, 5) is 21.3. The third kappa shape index (κ3) is 12.3. The zero-order chi connectivity index (χ0) is 16.1. The Bertz CT molecular complexity index is 265. The monoisotopic (exact) mass is 306 g/mol. The SMILES string of the molecule is COC(CCOC(C)=O)COCC(CCOC(C)=O)OC. The van der Waals surface area contributed by atoms with Crippen molar-refractivity contribution < 1.29 is 33.3 Å². The second-order valence-electron chi connectivity index (χ2n) is 4.51. The molecule has 0 aromatic heterocycles. The lowest BCUT2D eigenvalue weighted by molar-refractivity contribution is -0.142. The van der Waals surface area contributed by atoms with E-state index >= 15 is 0 Å². The molecule has 7 heteroatoms. The summed E-state index contributed by atoms with van der Waals surface area (Å²) in [7, 11) is 3.16. The Hall–Kier alpha value is -1.18. The van der Waals surface area contributed by atoms with E-state index in [1.807, 2.05) is 0 Å². The highest BCUT2D eigenvalue weighted by Gasteiger charge is 2.12. The smallest absolute Gasteiger partial charge is 0.302 e. The molecule has 0 bridgehead atoms. The molecular formula is C14H26O7. The number of rotatable bonds is 12. The van der Waals surface area contributed by atoms with Gasteiger partial charge in [-0.05, 0) is 0 Å². The molecule has 0 aromatic carbocycles. The van der Waals surface area contributed by atoms with Crippen LogP contribution in [0.4, 0.5) is 0 Å². The molecule has 2 atom stereocenters. The van der Waals surface area contributed by atoms with Crippen LogP contribution in [0.5, 0.6) is 0 Å². The topological polar surface area (TPSA) is 80.3 Å². The highest BCUT2D eigenvalue weighted by atomic mass is 16.6. The van der Waals surface area contributed by atoms with Gasteiger partial charge in [-0.2, -0.15) is 0 Å². The lowest BCUT2D eigenvalue weighted by Gasteiger charge is -2.19. The highest BCUT2D eigenvalue weighted by Crippen LogP contribution is 2.03. The average molecular weight is 306 g/mol. The lowest BCUT2D eigenvalue weighted by atomic mass is 10.2. The van der Waals surface area contributed by atoms with Crippen LogP contribution in [0.2, 0.25) is 0 Å². The second-order valence-corrected chi connectivity index (χ2v) is 4.51.